The third-order valence-corrected chi connectivity index (χ3v) is 4.38. The van der Waals surface area contributed by atoms with Crippen molar-refractivity contribution in [3.05, 3.63) is 40.4 Å². The minimum absolute atomic E-state index is 0. The van der Waals surface area contributed by atoms with Crippen LogP contribution < -0.4 is 16.2 Å². The summed E-state index contributed by atoms with van der Waals surface area (Å²) in [5.41, 5.74) is 0.538. The van der Waals surface area contributed by atoms with E-state index in [1.54, 1.807) is 6.07 Å². The molecule has 28 heavy (non-hydrogen) atoms. The Morgan fingerprint density at radius 1 is 1.32 bits per heavy atom. The summed E-state index contributed by atoms with van der Waals surface area (Å²) in [4.78, 5) is 33.8. The summed E-state index contributed by atoms with van der Waals surface area (Å²) in [6.45, 7) is 3.62. The van der Waals surface area contributed by atoms with E-state index in [0.29, 0.717) is 49.5 Å². The molecule has 1 amide bonds. The molecule has 1 unspecified atom stereocenters. The second-order valence-corrected chi connectivity index (χ2v) is 6.37. The van der Waals surface area contributed by atoms with Gasteiger partial charge in [0.25, 0.3) is 5.56 Å². The zero-order valence-corrected chi connectivity index (χ0v) is 17.4. The number of fused-ring (bicyclic) bond motifs is 1. The van der Waals surface area contributed by atoms with Gasteiger partial charge in [0.2, 0.25) is 5.91 Å². The molecule has 1 fully saturated rings. The SMILES string of the molecule is CNCCCNC(=O)C1CN(Cc2nc3ccccc3c(=O)[nH]2)CCO1.Cl.Cl. The summed E-state index contributed by atoms with van der Waals surface area (Å²) in [6, 6.07) is 7.27. The van der Waals surface area contributed by atoms with E-state index in [4.69, 9.17) is 4.74 Å². The van der Waals surface area contributed by atoms with Crippen LogP contribution >= 0.6 is 24.8 Å². The molecule has 1 aliphatic rings. The maximum atomic E-state index is 12.2. The van der Waals surface area contributed by atoms with Gasteiger partial charge in [-0.25, -0.2) is 4.98 Å². The van der Waals surface area contributed by atoms with Gasteiger partial charge in [0, 0.05) is 19.6 Å². The van der Waals surface area contributed by atoms with E-state index in [1.807, 2.05) is 25.2 Å². The molecule has 8 nitrogen and oxygen atoms in total. The molecule has 0 spiro atoms. The molecule has 3 N–H and O–H groups in total. The summed E-state index contributed by atoms with van der Waals surface area (Å²) < 4.78 is 5.60. The van der Waals surface area contributed by atoms with Crippen LogP contribution in [0.15, 0.2) is 29.1 Å². The number of nitrogens with zero attached hydrogens (tertiary/aromatic N) is 2. The predicted octanol–water partition coefficient (Wildman–Crippen LogP) is 0.693. The molecular weight excluding hydrogens is 405 g/mol. The molecular formula is C18H27Cl2N5O3. The van der Waals surface area contributed by atoms with Crippen molar-refractivity contribution in [2.45, 2.75) is 19.1 Å². The van der Waals surface area contributed by atoms with Gasteiger partial charge in [-0.3, -0.25) is 14.5 Å². The van der Waals surface area contributed by atoms with E-state index in [1.165, 1.54) is 0 Å². The fraction of sp³-hybridized carbons (Fsp3) is 0.500. The normalized spacial score (nSPS) is 16.8. The molecule has 2 aromatic rings. The lowest BCUT2D eigenvalue weighted by molar-refractivity contribution is -0.138. The molecule has 1 aliphatic heterocycles. The van der Waals surface area contributed by atoms with Crippen LogP contribution in [0.2, 0.25) is 0 Å². The van der Waals surface area contributed by atoms with Crippen molar-refractivity contribution in [1.82, 2.24) is 25.5 Å². The Labute approximate surface area is 176 Å². The number of ether oxygens (including phenoxy) is 1. The van der Waals surface area contributed by atoms with Crippen molar-refractivity contribution >= 4 is 41.6 Å². The highest BCUT2D eigenvalue weighted by Crippen LogP contribution is 2.10. The Kier molecular flexibility index (Phi) is 10.4. The second kappa shape index (κ2) is 12.0. The number of nitrogens with one attached hydrogen (secondary N) is 3. The smallest absolute Gasteiger partial charge is 0.258 e. The lowest BCUT2D eigenvalue weighted by atomic mass is 10.2. The van der Waals surface area contributed by atoms with Gasteiger partial charge >= 0.3 is 0 Å². The largest absolute Gasteiger partial charge is 0.366 e. The molecule has 2 heterocycles. The first-order valence-corrected chi connectivity index (χ1v) is 8.91. The van der Waals surface area contributed by atoms with Crippen LogP contribution in [0.3, 0.4) is 0 Å². The fourth-order valence-electron chi connectivity index (χ4n) is 3.02. The van der Waals surface area contributed by atoms with Gasteiger partial charge < -0.3 is 20.4 Å². The topological polar surface area (TPSA) is 99.4 Å². The van der Waals surface area contributed by atoms with Crippen LogP contribution in [-0.4, -0.2) is 66.7 Å². The minimum Gasteiger partial charge on any atom is -0.366 e. The first-order chi connectivity index (χ1) is 12.7. The van der Waals surface area contributed by atoms with E-state index in [0.717, 1.165) is 13.0 Å². The maximum Gasteiger partial charge on any atom is 0.258 e. The third kappa shape index (κ3) is 6.42. The van der Waals surface area contributed by atoms with Crippen molar-refractivity contribution in [2.75, 3.05) is 39.8 Å². The number of aromatic amines is 1. The van der Waals surface area contributed by atoms with Crippen LogP contribution in [0, 0.1) is 0 Å². The van der Waals surface area contributed by atoms with Gasteiger partial charge in [-0.1, -0.05) is 12.1 Å². The number of aromatic nitrogens is 2. The number of amides is 1. The second-order valence-electron chi connectivity index (χ2n) is 6.37. The summed E-state index contributed by atoms with van der Waals surface area (Å²) in [7, 11) is 1.88. The maximum absolute atomic E-state index is 12.2. The number of morpholine rings is 1. The molecule has 0 saturated carbocycles. The standard InChI is InChI=1S/C18H25N5O3.2ClH/c1-19-7-4-8-20-18(25)15-11-23(9-10-26-15)12-16-21-14-6-3-2-5-13(14)17(24)22-16;;/h2-3,5-6,15,19H,4,7-12H2,1H3,(H,20,25)(H,21,22,24);2*1H. The molecule has 156 valence electrons. The lowest BCUT2D eigenvalue weighted by Gasteiger charge is -2.31. The summed E-state index contributed by atoms with van der Waals surface area (Å²) >= 11 is 0. The number of para-hydroxylation sites is 1. The molecule has 0 bridgehead atoms. The number of rotatable bonds is 7. The Balaban J connectivity index is 0.00000196. The monoisotopic (exact) mass is 431 g/mol. The van der Waals surface area contributed by atoms with Gasteiger partial charge in [0.05, 0.1) is 24.1 Å². The fourth-order valence-corrected chi connectivity index (χ4v) is 3.02. The van der Waals surface area contributed by atoms with Crippen LogP contribution in [0.25, 0.3) is 10.9 Å². The van der Waals surface area contributed by atoms with Gasteiger partial charge in [0.15, 0.2) is 0 Å². The van der Waals surface area contributed by atoms with Crippen molar-refractivity contribution in [1.29, 1.82) is 0 Å². The van der Waals surface area contributed by atoms with Crippen LogP contribution in [0.5, 0.6) is 0 Å². The van der Waals surface area contributed by atoms with Crippen LogP contribution in [0.1, 0.15) is 12.2 Å². The zero-order valence-electron chi connectivity index (χ0n) is 15.8. The molecule has 10 heteroatoms. The van der Waals surface area contributed by atoms with Crippen molar-refractivity contribution in [3.8, 4) is 0 Å². The lowest BCUT2D eigenvalue weighted by Crippen LogP contribution is -2.49. The molecule has 0 radical (unpaired) electrons. The molecule has 1 atom stereocenters. The van der Waals surface area contributed by atoms with Crippen molar-refractivity contribution in [3.63, 3.8) is 0 Å². The van der Waals surface area contributed by atoms with E-state index < -0.39 is 6.10 Å². The van der Waals surface area contributed by atoms with E-state index in [9.17, 15) is 9.59 Å². The average Bonchev–Trinajstić information content (AvgIpc) is 2.65. The minimum atomic E-state index is -0.495. The van der Waals surface area contributed by atoms with E-state index in [2.05, 4.69) is 25.5 Å². The summed E-state index contributed by atoms with van der Waals surface area (Å²) in [6.07, 6.45) is 0.381. The Bertz CT molecular complexity index is 817. The molecule has 3 rings (SSSR count). The first kappa shape index (κ1) is 24.3. The zero-order chi connectivity index (χ0) is 18.4. The number of H-pyrrole nitrogens is 1. The number of hydrogen-bond donors (Lipinski definition) is 3. The van der Waals surface area contributed by atoms with E-state index in [-0.39, 0.29) is 36.3 Å². The average molecular weight is 432 g/mol. The highest BCUT2D eigenvalue weighted by atomic mass is 35.5. The number of hydrogen-bond acceptors (Lipinski definition) is 6. The van der Waals surface area contributed by atoms with Crippen molar-refractivity contribution in [2.24, 2.45) is 0 Å². The van der Waals surface area contributed by atoms with Gasteiger partial charge in [-0.05, 0) is 32.1 Å². The Morgan fingerprint density at radius 2 is 2.11 bits per heavy atom. The highest BCUT2D eigenvalue weighted by Gasteiger charge is 2.26. The van der Waals surface area contributed by atoms with Crippen molar-refractivity contribution < 1.29 is 9.53 Å². The quantitative estimate of drug-likeness (QED) is 0.557. The summed E-state index contributed by atoms with van der Waals surface area (Å²) in [5.74, 6) is 0.509. The van der Waals surface area contributed by atoms with Gasteiger partial charge in [0.1, 0.15) is 11.9 Å². The number of benzene rings is 1. The predicted molar refractivity (Wildman–Crippen MR) is 113 cm³/mol. The van der Waals surface area contributed by atoms with Crippen LogP contribution in [-0.2, 0) is 16.1 Å². The van der Waals surface area contributed by atoms with Gasteiger partial charge in [-0.2, -0.15) is 0 Å². The Morgan fingerprint density at radius 3 is 2.89 bits per heavy atom. The summed E-state index contributed by atoms with van der Waals surface area (Å²) in [5, 5.41) is 6.53. The number of carbonyl (C=O) groups excluding carboxylic acids is 1. The molecule has 0 aliphatic carbocycles. The third-order valence-electron chi connectivity index (χ3n) is 4.38. The molecule has 1 saturated heterocycles. The first-order valence-electron chi connectivity index (χ1n) is 8.91. The molecule has 1 aromatic heterocycles. The van der Waals surface area contributed by atoms with E-state index >= 15 is 0 Å². The highest BCUT2D eigenvalue weighted by molar-refractivity contribution is 5.85. The Hall–Kier alpha value is -1.71. The van der Waals surface area contributed by atoms with Crippen LogP contribution in [0.4, 0.5) is 0 Å². The number of carbonyl (C=O) groups is 1. The number of halogens is 2. The van der Waals surface area contributed by atoms with Gasteiger partial charge in [-0.15, -0.1) is 24.8 Å². The molecule has 1 aromatic carbocycles.